The van der Waals surface area contributed by atoms with E-state index < -0.39 is 0 Å². The van der Waals surface area contributed by atoms with Crippen molar-refractivity contribution in [2.75, 3.05) is 6.54 Å². The number of aryl methyl sites for hydroxylation is 1. The Morgan fingerprint density at radius 3 is 2.71 bits per heavy atom. The Morgan fingerprint density at radius 2 is 2.00 bits per heavy atom. The van der Waals surface area contributed by atoms with Crippen LogP contribution in [0.4, 0.5) is 4.39 Å². The number of hydrogen-bond donors (Lipinski definition) is 1. The highest BCUT2D eigenvalue weighted by atomic mass is 79.9. The summed E-state index contributed by atoms with van der Waals surface area (Å²) in [6.45, 7) is 5.66. The summed E-state index contributed by atoms with van der Waals surface area (Å²) >= 11 is 3.46. The second-order valence-electron chi connectivity index (χ2n) is 5.01. The van der Waals surface area contributed by atoms with E-state index in [1.165, 1.54) is 12.1 Å². The van der Waals surface area contributed by atoms with Gasteiger partial charge in [0.05, 0.1) is 4.47 Å². The van der Waals surface area contributed by atoms with Crippen molar-refractivity contribution in [3.63, 3.8) is 0 Å². The highest BCUT2D eigenvalue weighted by Crippen LogP contribution is 2.31. The molecule has 21 heavy (non-hydrogen) atoms. The average Bonchev–Trinajstić information content (AvgIpc) is 2.42. The van der Waals surface area contributed by atoms with Crippen molar-refractivity contribution < 1.29 is 9.13 Å². The zero-order valence-corrected chi connectivity index (χ0v) is 13.8. The molecule has 2 rings (SSSR count). The minimum Gasteiger partial charge on any atom is -0.456 e. The van der Waals surface area contributed by atoms with E-state index >= 15 is 0 Å². The highest BCUT2D eigenvalue weighted by Gasteiger charge is 2.06. The number of nitrogens with one attached hydrogen (secondary N) is 1. The number of ether oxygens (including phenoxy) is 1. The van der Waals surface area contributed by atoms with Gasteiger partial charge in [-0.15, -0.1) is 0 Å². The average molecular weight is 352 g/mol. The lowest BCUT2D eigenvalue weighted by Gasteiger charge is -2.11. The molecule has 0 aliphatic heterocycles. The van der Waals surface area contributed by atoms with Gasteiger partial charge in [0, 0.05) is 12.6 Å². The van der Waals surface area contributed by atoms with Gasteiger partial charge < -0.3 is 10.1 Å². The van der Waals surface area contributed by atoms with E-state index in [4.69, 9.17) is 4.74 Å². The summed E-state index contributed by atoms with van der Waals surface area (Å²) in [5, 5.41) is 3.26. The van der Waals surface area contributed by atoms with Crippen LogP contribution < -0.4 is 10.1 Å². The molecule has 2 aromatic rings. The lowest BCUT2D eigenvalue weighted by atomic mass is 10.2. The third kappa shape index (κ3) is 4.83. The molecule has 112 valence electrons. The third-order valence-corrected chi connectivity index (χ3v) is 3.62. The molecule has 0 aliphatic carbocycles. The van der Waals surface area contributed by atoms with Crippen molar-refractivity contribution in [3.05, 3.63) is 57.8 Å². The van der Waals surface area contributed by atoms with Crippen molar-refractivity contribution in [2.45, 2.75) is 26.8 Å². The van der Waals surface area contributed by atoms with Crippen LogP contribution in [-0.4, -0.2) is 6.54 Å². The summed E-state index contributed by atoms with van der Waals surface area (Å²) in [4.78, 5) is 0. The predicted molar refractivity (Wildman–Crippen MR) is 87.4 cm³/mol. The largest absolute Gasteiger partial charge is 0.456 e. The second-order valence-corrected chi connectivity index (χ2v) is 5.86. The monoisotopic (exact) mass is 351 g/mol. The fourth-order valence-electron chi connectivity index (χ4n) is 2.01. The van der Waals surface area contributed by atoms with Crippen LogP contribution in [0, 0.1) is 12.7 Å². The Balaban J connectivity index is 2.15. The Hall–Kier alpha value is -1.39. The lowest BCUT2D eigenvalue weighted by molar-refractivity contribution is 0.472. The minimum absolute atomic E-state index is 0.288. The SMILES string of the molecule is CCCNCc1cc(F)cc(Oc2ccc(C)cc2Br)c1. The predicted octanol–water partition coefficient (Wildman–Crippen LogP) is 5.19. The standard InChI is InChI=1S/C17H19BrFNO/c1-3-6-20-11-13-8-14(19)10-15(9-13)21-17-5-4-12(2)7-16(17)18/h4-5,7-10,20H,3,6,11H2,1-2H3. The second kappa shape index (κ2) is 7.57. The van der Waals surface area contributed by atoms with Gasteiger partial charge in [-0.2, -0.15) is 0 Å². The molecule has 0 unspecified atom stereocenters. The van der Waals surface area contributed by atoms with E-state index in [0.717, 1.165) is 28.6 Å². The maximum atomic E-state index is 13.7. The molecular formula is C17H19BrFNO. The topological polar surface area (TPSA) is 21.3 Å². The maximum absolute atomic E-state index is 13.7. The van der Waals surface area contributed by atoms with Crippen LogP contribution in [0.25, 0.3) is 0 Å². The molecule has 4 heteroatoms. The smallest absolute Gasteiger partial charge is 0.141 e. The molecule has 0 radical (unpaired) electrons. The number of rotatable bonds is 6. The number of benzene rings is 2. The molecule has 0 aliphatic rings. The molecule has 0 heterocycles. The molecule has 0 spiro atoms. The van der Waals surface area contributed by atoms with E-state index in [1.807, 2.05) is 31.2 Å². The molecule has 1 N–H and O–H groups in total. The summed E-state index contributed by atoms with van der Waals surface area (Å²) in [6.07, 6.45) is 1.05. The normalized spacial score (nSPS) is 10.7. The molecule has 0 amide bonds. The lowest BCUT2D eigenvalue weighted by Crippen LogP contribution is -2.13. The van der Waals surface area contributed by atoms with Crippen molar-refractivity contribution in [2.24, 2.45) is 0 Å². The van der Waals surface area contributed by atoms with Gasteiger partial charge in [-0.3, -0.25) is 0 Å². The van der Waals surface area contributed by atoms with Crippen LogP contribution in [0.15, 0.2) is 40.9 Å². The zero-order valence-electron chi connectivity index (χ0n) is 12.2. The number of halogens is 2. The van der Waals surface area contributed by atoms with Gasteiger partial charge >= 0.3 is 0 Å². The molecule has 0 saturated carbocycles. The van der Waals surface area contributed by atoms with Crippen LogP contribution in [0.5, 0.6) is 11.5 Å². The van der Waals surface area contributed by atoms with Gasteiger partial charge in [-0.1, -0.05) is 13.0 Å². The summed E-state index contributed by atoms with van der Waals surface area (Å²) in [5.74, 6) is 0.899. The van der Waals surface area contributed by atoms with Gasteiger partial charge in [0.15, 0.2) is 0 Å². The van der Waals surface area contributed by atoms with Gasteiger partial charge in [-0.05, 0) is 71.2 Å². The summed E-state index contributed by atoms with van der Waals surface area (Å²) < 4.78 is 20.3. The first-order chi connectivity index (χ1) is 10.1. The van der Waals surface area contributed by atoms with Crippen LogP contribution in [-0.2, 0) is 6.54 Å². The fraction of sp³-hybridized carbons (Fsp3) is 0.294. The Labute approximate surface area is 133 Å². The summed E-state index contributed by atoms with van der Waals surface area (Å²) in [5.41, 5.74) is 2.01. The third-order valence-electron chi connectivity index (χ3n) is 3.00. The van der Waals surface area contributed by atoms with E-state index in [-0.39, 0.29) is 5.82 Å². The fourth-order valence-corrected chi connectivity index (χ4v) is 2.58. The van der Waals surface area contributed by atoms with Crippen molar-refractivity contribution in [1.29, 1.82) is 0 Å². The molecule has 0 fully saturated rings. The maximum Gasteiger partial charge on any atom is 0.141 e. The van der Waals surface area contributed by atoms with Crippen LogP contribution in [0.2, 0.25) is 0 Å². The molecule has 2 aromatic carbocycles. The van der Waals surface area contributed by atoms with Crippen LogP contribution >= 0.6 is 15.9 Å². The van der Waals surface area contributed by atoms with E-state index in [2.05, 4.69) is 28.2 Å². The minimum atomic E-state index is -0.288. The first-order valence-electron chi connectivity index (χ1n) is 7.02. The Bertz CT molecular complexity index is 616. The Morgan fingerprint density at radius 1 is 1.19 bits per heavy atom. The van der Waals surface area contributed by atoms with Gasteiger partial charge in [0.25, 0.3) is 0 Å². The van der Waals surface area contributed by atoms with E-state index in [0.29, 0.717) is 18.0 Å². The quantitative estimate of drug-likeness (QED) is 0.723. The molecule has 0 saturated heterocycles. The van der Waals surface area contributed by atoms with Crippen molar-refractivity contribution in [1.82, 2.24) is 5.32 Å². The molecular weight excluding hydrogens is 333 g/mol. The first-order valence-corrected chi connectivity index (χ1v) is 7.82. The number of hydrogen-bond acceptors (Lipinski definition) is 2. The molecule has 2 nitrogen and oxygen atoms in total. The molecule has 0 atom stereocenters. The van der Waals surface area contributed by atoms with Crippen LogP contribution in [0.3, 0.4) is 0 Å². The van der Waals surface area contributed by atoms with E-state index in [9.17, 15) is 4.39 Å². The summed E-state index contributed by atoms with van der Waals surface area (Å²) in [7, 11) is 0. The molecule has 0 bridgehead atoms. The summed E-state index contributed by atoms with van der Waals surface area (Å²) in [6, 6.07) is 10.6. The van der Waals surface area contributed by atoms with Gasteiger partial charge in [0.1, 0.15) is 17.3 Å². The van der Waals surface area contributed by atoms with Crippen molar-refractivity contribution in [3.8, 4) is 11.5 Å². The van der Waals surface area contributed by atoms with Crippen molar-refractivity contribution >= 4 is 15.9 Å². The molecule has 0 aromatic heterocycles. The first kappa shape index (κ1) is 16.0. The van der Waals surface area contributed by atoms with E-state index in [1.54, 1.807) is 0 Å². The Kier molecular flexibility index (Phi) is 5.76. The van der Waals surface area contributed by atoms with Crippen LogP contribution in [0.1, 0.15) is 24.5 Å². The highest BCUT2D eigenvalue weighted by molar-refractivity contribution is 9.10. The van der Waals surface area contributed by atoms with Gasteiger partial charge in [0.2, 0.25) is 0 Å². The zero-order chi connectivity index (χ0) is 15.2. The van der Waals surface area contributed by atoms with Gasteiger partial charge in [-0.25, -0.2) is 4.39 Å².